The highest BCUT2D eigenvalue weighted by atomic mass is 32.1. The molecule has 6 heterocycles. The van der Waals surface area contributed by atoms with E-state index in [0.717, 1.165) is 34.9 Å². The molecule has 3 aromatic carbocycles. The third-order valence-electron chi connectivity index (χ3n) is 16.2. The molecule has 9 aromatic rings. The molecule has 0 unspecified atom stereocenters. The summed E-state index contributed by atoms with van der Waals surface area (Å²) < 4.78 is 23.5. The van der Waals surface area contributed by atoms with Gasteiger partial charge in [0.25, 0.3) is 0 Å². The van der Waals surface area contributed by atoms with E-state index in [9.17, 15) is 0 Å². The number of rotatable bonds is 23. The highest BCUT2D eigenvalue weighted by Crippen LogP contribution is 2.63. The predicted molar refractivity (Wildman–Crippen MR) is 311 cm³/mol. The van der Waals surface area contributed by atoms with Crippen molar-refractivity contribution in [3.05, 3.63) is 93.4 Å². The lowest BCUT2D eigenvalue weighted by Gasteiger charge is -2.35. The summed E-state index contributed by atoms with van der Waals surface area (Å²) in [7, 11) is 0. The third-order valence-corrected chi connectivity index (χ3v) is 22.0. The van der Waals surface area contributed by atoms with E-state index in [1.54, 1.807) is 11.1 Å². The van der Waals surface area contributed by atoms with Gasteiger partial charge < -0.3 is 0 Å². The van der Waals surface area contributed by atoms with Gasteiger partial charge in [0.05, 0.1) is 23.5 Å². The van der Waals surface area contributed by atoms with Crippen LogP contribution < -0.4 is 0 Å². The molecule has 364 valence electrons. The molecule has 0 N–H and O–H groups in total. The maximum absolute atomic E-state index is 5.36. The first kappa shape index (κ1) is 48.6. The van der Waals surface area contributed by atoms with Crippen LogP contribution in [0.15, 0.2) is 60.7 Å². The zero-order valence-electron chi connectivity index (χ0n) is 42.2. The summed E-state index contributed by atoms with van der Waals surface area (Å²) in [6.45, 7) is 13.9. The highest BCUT2D eigenvalue weighted by molar-refractivity contribution is 7.33. The van der Waals surface area contributed by atoms with Crippen LogP contribution >= 0.6 is 68.8 Å². The number of fused-ring (bicyclic) bond motifs is 11. The number of aromatic nitrogens is 4. The fourth-order valence-electron chi connectivity index (χ4n) is 12.6. The van der Waals surface area contributed by atoms with E-state index >= 15 is 0 Å². The van der Waals surface area contributed by atoms with Crippen molar-refractivity contribution < 1.29 is 0 Å². The Morgan fingerprint density at radius 1 is 0.371 bits per heavy atom. The summed E-state index contributed by atoms with van der Waals surface area (Å²) in [5.74, 6) is 0. The molecule has 70 heavy (non-hydrogen) atoms. The van der Waals surface area contributed by atoms with Crippen LogP contribution in [0.3, 0.4) is 0 Å². The molecule has 0 radical (unpaired) electrons. The van der Waals surface area contributed by atoms with E-state index in [1.807, 2.05) is 45.3 Å². The average Bonchev–Trinajstić information content (AvgIpc) is 4.23. The minimum absolute atomic E-state index is 0.0645. The molecule has 11 rings (SSSR count). The second-order valence-corrected chi connectivity index (χ2v) is 26.4. The van der Waals surface area contributed by atoms with Crippen molar-refractivity contribution in [1.29, 1.82) is 0 Å². The maximum atomic E-state index is 5.36. The van der Waals surface area contributed by atoms with Gasteiger partial charge in [-0.05, 0) is 133 Å². The molecular weight excluding hydrogens is 969 g/mol. The van der Waals surface area contributed by atoms with Crippen molar-refractivity contribution >= 4 is 100 Å². The Kier molecular flexibility index (Phi) is 14.4. The quantitative estimate of drug-likeness (QED) is 0.0599. The molecule has 6 aromatic heterocycles. The second kappa shape index (κ2) is 20.7. The van der Waals surface area contributed by atoms with Crippen molar-refractivity contribution in [1.82, 2.24) is 17.5 Å². The van der Waals surface area contributed by atoms with Crippen molar-refractivity contribution in [2.24, 2.45) is 0 Å². The Labute approximate surface area is 440 Å². The molecule has 0 amide bonds. The van der Waals surface area contributed by atoms with Gasteiger partial charge in [0.2, 0.25) is 0 Å². The van der Waals surface area contributed by atoms with Gasteiger partial charge in [-0.1, -0.05) is 136 Å². The average molecular weight is 1040 g/mol. The fraction of sp³-hybridized carbons (Fsp3) is 0.467. The van der Waals surface area contributed by atoms with Crippen LogP contribution in [0.4, 0.5) is 0 Å². The maximum Gasteiger partial charge on any atom is 0.114 e. The van der Waals surface area contributed by atoms with Crippen molar-refractivity contribution in [2.45, 2.75) is 181 Å². The Morgan fingerprint density at radius 3 is 1.30 bits per heavy atom. The van der Waals surface area contributed by atoms with Crippen LogP contribution in [0, 0.1) is 13.8 Å². The number of nitrogens with zero attached hydrogens (tertiary/aromatic N) is 4. The molecule has 0 bridgehead atoms. The summed E-state index contributed by atoms with van der Waals surface area (Å²) in [5.41, 5.74) is 18.5. The first-order valence-electron chi connectivity index (χ1n) is 26.8. The minimum atomic E-state index is -0.122. The highest BCUT2D eigenvalue weighted by Gasteiger charge is 2.50. The van der Waals surface area contributed by atoms with Gasteiger partial charge in [0, 0.05) is 66.2 Å². The Hall–Kier alpha value is -3.64. The lowest BCUT2D eigenvalue weighted by molar-refractivity contribution is 0.397. The van der Waals surface area contributed by atoms with Crippen LogP contribution in [0.25, 0.3) is 83.7 Å². The lowest BCUT2D eigenvalue weighted by atomic mass is 9.68. The van der Waals surface area contributed by atoms with Crippen LogP contribution in [0.5, 0.6) is 0 Å². The lowest BCUT2D eigenvalue weighted by Crippen LogP contribution is -2.27. The van der Waals surface area contributed by atoms with Gasteiger partial charge in [0.15, 0.2) is 0 Å². The van der Waals surface area contributed by atoms with Crippen molar-refractivity contribution in [3.8, 4) is 52.2 Å². The van der Waals surface area contributed by atoms with E-state index in [0.29, 0.717) is 0 Å². The van der Waals surface area contributed by atoms with E-state index < -0.39 is 0 Å². The molecule has 0 saturated heterocycles. The summed E-state index contributed by atoms with van der Waals surface area (Å²) in [6, 6.07) is 24.8. The summed E-state index contributed by atoms with van der Waals surface area (Å²) in [6.07, 6.45) is 24.8. The Bertz CT molecular complexity index is 3240. The van der Waals surface area contributed by atoms with E-state index in [-0.39, 0.29) is 10.8 Å². The minimum Gasteiger partial charge on any atom is -0.173 e. The SMILES string of the molecule is CCCCCCC1(CCCCCC)c2cc3c(cc2-c2c1cc(C)c1nsnc21)C(CCCCCC)(CCCCCC)c1cc(-c2ccc(-c4cc5sc(-c6ccc(C)s6)cc5s4)s2)c2nsnc2c1-3. The summed E-state index contributed by atoms with van der Waals surface area (Å²) in [5, 5.41) is 0. The Morgan fingerprint density at radius 2 is 0.800 bits per heavy atom. The van der Waals surface area contributed by atoms with Gasteiger partial charge in [-0.2, -0.15) is 17.5 Å². The van der Waals surface area contributed by atoms with E-state index in [4.69, 9.17) is 17.5 Å². The number of hydrogen-bond donors (Lipinski definition) is 0. The third kappa shape index (κ3) is 8.50. The number of benzene rings is 3. The number of thiophene rings is 4. The summed E-state index contributed by atoms with van der Waals surface area (Å²) >= 11 is 10.5. The molecule has 10 heteroatoms. The van der Waals surface area contributed by atoms with Crippen molar-refractivity contribution in [3.63, 3.8) is 0 Å². The molecule has 2 aliphatic carbocycles. The molecule has 0 saturated carbocycles. The first-order valence-corrected chi connectivity index (χ1v) is 31.5. The van der Waals surface area contributed by atoms with Gasteiger partial charge in [0.1, 0.15) is 22.1 Å². The molecule has 0 atom stereocenters. The zero-order chi connectivity index (χ0) is 48.0. The monoisotopic (exact) mass is 1040 g/mol. The second-order valence-electron chi connectivity index (χ2n) is 20.8. The van der Waals surface area contributed by atoms with Crippen LogP contribution in [0.1, 0.15) is 189 Å². The molecule has 0 aliphatic heterocycles. The van der Waals surface area contributed by atoms with Gasteiger partial charge in [-0.25, -0.2) is 0 Å². The normalized spacial score (nSPS) is 14.4. The van der Waals surface area contributed by atoms with Gasteiger partial charge in [-0.3, -0.25) is 0 Å². The van der Waals surface area contributed by atoms with Crippen molar-refractivity contribution in [2.75, 3.05) is 0 Å². The molecular formula is C60H68N4S6. The van der Waals surface area contributed by atoms with Crippen LogP contribution in [-0.4, -0.2) is 17.5 Å². The molecule has 0 spiro atoms. The standard InChI is InChI=1S/C60H68N4S6/c1-7-11-15-19-27-59(28-20-16-12-8-2)42-33-40-43(32-39(42)53-44(59)31-37(5)55-57(53)63-69-61-55)60(29-21-17-13-9-3,30-22-18-14-10-4)45-34-41(56-58(54(40)45)64-70-62-56)46-25-26-48(66-46)50-36-52-51(68-50)35-49(67-52)47-24-23-38(6)65-47/h23-26,31-36H,7-22,27-30H2,1-6H3. The first-order chi connectivity index (χ1) is 34.3. The summed E-state index contributed by atoms with van der Waals surface area (Å²) in [4.78, 5) is 8.12. The predicted octanol–water partition coefficient (Wildman–Crippen LogP) is 21.1. The number of aryl methyl sites for hydroxylation is 2. The topological polar surface area (TPSA) is 51.6 Å². The van der Waals surface area contributed by atoms with E-state index in [2.05, 4.69) is 102 Å². The number of hydrogen-bond acceptors (Lipinski definition) is 10. The smallest absolute Gasteiger partial charge is 0.114 e. The zero-order valence-corrected chi connectivity index (χ0v) is 47.1. The molecule has 4 nitrogen and oxygen atoms in total. The van der Waals surface area contributed by atoms with Gasteiger partial charge in [-0.15, -0.1) is 45.3 Å². The molecule has 2 aliphatic rings. The van der Waals surface area contributed by atoms with Gasteiger partial charge >= 0.3 is 0 Å². The number of unbranched alkanes of at least 4 members (excludes halogenated alkanes) is 12. The van der Waals surface area contributed by atoms with Crippen LogP contribution in [0.2, 0.25) is 0 Å². The Balaban J connectivity index is 1.10. The largest absolute Gasteiger partial charge is 0.173 e. The molecule has 0 fully saturated rings. The fourth-order valence-corrected chi connectivity index (χ4v) is 18.3. The van der Waals surface area contributed by atoms with Crippen LogP contribution in [-0.2, 0) is 10.8 Å². The van der Waals surface area contributed by atoms with E-state index in [1.165, 1.54) is 222 Å².